The van der Waals surface area contributed by atoms with Crippen molar-refractivity contribution < 1.29 is 9.53 Å². The maximum atomic E-state index is 12.0. The Hall–Kier alpha value is -1.07. The van der Waals surface area contributed by atoms with E-state index in [2.05, 4.69) is 28.1 Å². The predicted octanol–water partition coefficient (Wildman–Crippen LogP) is 3.55. The van der Waals surface area contributed by atoms with Crippen molar-refractivity contribution in [1.29, 1.82) is 0 Å². The van der Waals surface area contributed by atoms with Crippen molar-refractivity contribution in [1.82, 2.24) is 10.0 Å². The van der Waals surface area contributed by atoms with Crippen molar-refractivity contribution in [3.8, 4) is 0 Å². The summed E-state index contributed by atoms with van der Waals surface area (Å²) in [5, 5.41) is 3.53. The Labute approximate surface area is 122 Å². The highest BCUT2D eigenvalue weighted by Crippen LogP contribution is 2.27. The molecule has 0 saturated carbocycles. The summed E-state index contributed by atoms with van der Waals surface area (Å²) in [6.07, 6.45) is -0.320. The highest BCUT2D eigenvalue weighted by Gasteiger charge is 2.28. The Morgan fingerprint density at radius 3 is 2.58 bits per heavy atom. The lowest BCUT2D eigenvalue weighted by Gasteiger charge is -2.30. The van der Waals surface area contributed by atoms with Crippen LogP contribution in [0.1, 0.15) is 31.9 Å². The van der Waals surface area contributed by atoms with Crippen molar-refractivity contribution in [3.63, 3.8) is 0 Å². The number of rotatable bonds is 1. The Bertz CT molecular complexity index is 497. The van der Waals surface area contributed by atoms with Gasteiger partial charge in [-0.05, 0) is 44.0 Å². The van der Waals surface area contributed by atoms with Crippen LogP contribution in [-0.2, 0) is 17.8 Å². The molecule has 1 amide bonds. The standard InChI is InChI=1S/C14H19BrN2O2/c1-14(2,3)19-13(18)16(4)17-8-10-5-6-12(15)7-11(10)9-17/h5-7H,8-9H2,1-4H3. The lowest BCUT2D eigenvalue weighted by molar-refractivity contribution is -0.0403. The third-order valence-corrected chi connectivity index (χ3v) is 3.45. The van der Waals surface area contributed by atoms with E-state index in [-0.39, 0.29) is 6.09 Å². The molecular formula is C14H19BrN2O2. The van der Waals surface area contributed by atoms with Crippen LogP contribution in [0, 0.1) is 0 Å². The van der Waals surface area contributed by atoms with Gasteiger partial charge in [-0.1, -0.05) is 22.0 Å². The second-order valence-electron chi connectivity index (χ2n) is 5.74. The van der Waals surface area contributed by atoms with Gasteiger partial charge in [0.25, 0.3) is 0 Å². The minimum atomic E-state index is -0.471. The van der Waals surface area contributed by atoms with Gasteiger partial charge in [0.1, 0.15) is 5.60 Å². The van der Waals surface area contributed by atoms with E-state index in [9.17, 15) is 4.79 Å². The molecule has 19 heavy (non-hydrogen) atoms. The number of hydrazine groups is 1. The number of carbonyl (C=O) groups is 1. The molecule has 0 saturated heterocycles. The van der Waals surface area contributed by atoms with Crippen molar-refractivity contribution in [2.45, 2.75) is 39.5 Å². The first-order valence-corrected chi connectivity index (χ1v) is 7.04. The lowest BCUT2D eigenvalue weighted by atomic mass is 10.1. The molecule has 2 rings (SSSR count). The highest BCUT2D eigenvalue weighted by atomic mass is 79.9. The van der Waals surface area contributed by atoms with Gasteiger partial charge >= 0.3 is 6.09 Å². The maximum absolute atomic E-state index is 12.0. The minimum Gasteiger partial charge on any atom is -0.443 e. The number of amides is 1. The van der Waals surface area contributed by atoms with E-state index in [4.69, 9.17) is 4.74 Å². The zero-order valence-electron chi connectivity index (χ0n) is 11.7. The summed E-state index contributed by atoms with van der Waals surface area (Å²) in [4.78, 5) is 12.0. The van der Waals surface area contributed by atoms with Crippen LogP contribution in [0.5, 0.6) is 0 Å². The summed E-state index contributed by atoms with van der Waals surface area (Å²) in [7, 11) is 1.75. The number of nitrogens with zero attached hydrogens (tertiary/aromatic N) is 2. The highest BCUT2D eigenvalue weighted by molar-refractivity contribution is 9.10. The zero-order valence-corrected chi connectivity index (χ0v) is 13.3. The zero-order chi connectivity index (χ0) is 14.2. The maximum Gasteiger partial charge on any atom is 0.424 e. The molecule has 0 spiro atoms. The molecule has 104 valence electrons. The molecule has 0 aliphatic carbocycles. The second-order valence-corrected chi connectivity index (χ2v) is 6.66. The predicted molar refractivity (Wildman–Crippen MR) is 77.4 cm³/mol. The van der Waals surface area contributed by atoms with E-state index in [1.807, 2.05) is 31.8 Å². The number of carbonyl (C=O) groups excluding carboxylic acids is 1. The molecular weight excluding hydrogens is 308 g/mol. The van der Waals surface area contributed by atoms with Crippen LogP contribution >= 0.6 is 15.9 Å². The number of halogens is 1. The Morgan fingerprint density at radius 1 is 1.32 bits per heavy atom. The topological polar surface area (TPSA) is 32.8 Å². The van der Waals surface area contributed by atoms with Crippen molar-refractivity contribution >= 4 is 22.0 Å². The normalized spacial score (nSPS) is 15.2. The SMILES string of the molecule is CN(C(=O)OC(C)(C)C)N1Cc2ccc(Br)cc2C1. The molecule has 1 aromatic carbocycles. The van der Waals surface area contributed by atoms with Crippen LogP contribution < -0.4 is 0 Å². The molecule has 0 unspecified atom stereocenters. The molecule has 0 N–H and O–H groups in total. The molecule has 1 heterocycles. The summed E-state index contributed by atoms with van der Waals surface area (Å²) >= 11 is 3.47. The van der Waals surface area contributed by atoms with Gasteiger partial charge in [0.2, 0.25) is 0 Å². The molecule has 0 bridgehead atoms. The summed E-state index contributed by atoms with van der Waals surface area (Å²) in [6, 6.07) is 6.20. The number of benzene rings is 1. The average Bonchev–Trinajstić information content (AvgIpc) is 2.68. The van der Waals surface area contributed by atoms with Crippen molar-refractivity contribution in [2.24, 2.45) is 0 Å². The van der Waals surface area contributed by atoms with Crippen LogP contribution in [0.2, 0.25) is 0 Å². The summed E-state index contributed by atoms with van der Waals surface area (Å²) in [5.74, 6) is 0. The molecule has 0 fully saturated rings. The Morgan fingerprint density at radius 2 is 1.95 bits per heavy atom. The molecule has 1 aliphatic heterocycles. The monoisotopic (exact) mass is 326 g/mol. The van der Waals surface area contributed by atoms with Crippen LogP contribution in [0.25, 0.3) is 0 Å². The first kappa shape index (κ1) is 14.3. The molecule has 4 nitrogen and oxygen atoms in total. The summed E-state index contributed by atoms with van der Waals surface area (Å²) in [6.45, 7) is 7.07. The van der Waals surface area contributed by atoms with E-state index in [1.54, 1.807) is 12.1 Å². The fraction of sp³-hybridized carbons (Fsp3) is 0.500. The molecule has 0 aromatic heterocycles. The number of hydrogen-bond donors (Lipinski definition) is 0. The Kier molecular flexibility index (Phi) is 3.87. The average molecular weight is 327 g/mol. The van der Waals surface area contributed by atoms with Crippen LogP contribution in [0.15, 0.2) is 22.7 Å². The van der Waals surface area contributed by atoms with Gasteiger partial charge in [-0.2, -0.15) is 0 Å². The first-order valence-electron chi connectivity index (χ1n) is 6.25. The minimum absolute atomic E-state index is 0.320. The van der Waals surface area contributed by atoms with Crippen LogP contribution in [-0.4, -0.2) is 28.8 Å². The second kappa shape index (κ2) is 5.13. The van der Waals surface area contributed by atoms with Gasteiger partial charge in [0.05, 0.1) is 0 Å². The third kappa shape index (κ3) is 3.48. The summed E-state index contributed by atoms with van der Waals surface area (Å²) < 4.78 is 6.43. The van der Waals surface area contributed by atoms with Gasteiger partial charge in [-0.15, -0.1) is 0 Å². The fourth-order valence-corrected chi connectivity index (χ4v) is 2.41. The molecule has 1 aliphatic rings. The quantitative estimate of drug-likeness (QED) is 0.791. The van der Waals surface area contributed by atoms with Gasteiger partial charge in [0, 0.05) is 24.6 Å². The number of ether oxygens (including phenoxy) is 1. The molecule has 0 atom stereocenters. The fourth-order valence-electron chi connectivity index (χ4n) is 2.00. The van der Waals surface area contributed by atoms with Crippen LogP contribution in [0.4, 0.5) is 4.79 Å². The van der Waals surface area contributed by atoms with Gasteiger partial charge in [-0.25, -0.2) is 14.8 Å². The smallest absolute Gasteiger partial charge is 0.424 e. The van der Waals surface area contributed by atoms with E-state index >= 15 is 0 Å². The van der Waals surface area contributed by atoms with E-state index in [0.29, 0.717) is 0 Å². The van der Waals surface area contributed by atoms with Gasteiger partial charge in [0.15, 0.2) is 0 Å². The van der Waals surface area contributed by atoms with Crippen molar-refractivity contribution in [3.05, 3.63) is 33.8 Å². The van der Waals surface area contributed by atoms with E-state index in [1.165, 1.54) is 11.1 Å². The molecule has 0 radical (unpaired) electrons. The van der Waals surface area contributed by atoms with Crippen molar-refractivity contribution in [2.75, 3.05) is 7.05 Å². The number of hydrogen-bond acceptors (Lipinski definition) is 3. The van der Waals surface area contributed by atoms with E-state index in [0.717, 1.165) is 17.6 Å². The van der Waals surface area contributed by atoms with Crippen LogP contribution in [0.3, 0.4) is 0 Å². The Balaban J connectivity index is 2.04. The largest absolute Gasteiger partial charge is 0.443 e. The van der Waals surface area contributed by atoms with Gasteiger partial charge < -0.3 is 4.74 Å². The van der Waals surface area contributed by atoms with E-state index < -0.39 is 5.60 Å². The number of fused-ring (bicyclic) bond motifs is 1. The summed E-state index contributed by atoms with van der Waals surface area (Å²) in [5.41, 5.74) is 2.02. The molecule has 5 heteroatoms. The lowest BCUT2D eigenvalue weighted by Crippen LogP contribution is -2.43. The first-order chi connectivity index (χ1) is 8.76. The molecule has 1 aromatic rings. The third-order valence-electron chi connectivity index (χ3n) is 2.96. The van der Waals surface area contributed by atoms with Gasteiger partial charge in [-0.3, -0.25) is 0 Å².